The van der Waals surface area contributed by atoms with Crippen LogP contribution in [0.2, 0.25) is 0 Å². The SMILES string of the molecule is Cc1ccc(CN2CC(C(=O)NC(C)(C)C)CC2=O)cc1. The van der Waals surface area contributed by atoms with E-state index in [4.69, 9.17) is 0 Å². The van der Waals surface area contributed by atoms with Gasteiger partial charge in [0.1, 0.15) is 0 Å². The monoisotopic (exact) mass is 288 g/mol. The van der Waals surface area contributed by atoms with Crippen molar-refractivity contribution in [1.29, 1.82) is 0 Å². The fourth-order valence-electron chi connectivity index (χ4n) is 2.49. The minimum absolute atomic E-state index is 0.0257. The van der Waals surface area contributed by atoms with Crippen LogP contribution in [0.1, 0.15) is 38.3 Å². The van der Waals surface area contributed by atoms with Crippen molar-refractivity contribution in [3.8, 4) is 0 Å². The summed E-state index contributed by atoms with van der Waals surface area (Å²) in [7, 11) is 0. The summed E-state index contributed by atoms with van der Waals surface area (Å²) in [6.45, 7) is 8.98. The quantitative estimate of drug-likeness (QED) is 0.927. The smallest absolute Gasteiger partial charge is 0.225 e. The van der Waals surface area contributed by atoms with Crippen molar-refractivity contribution in [3.05, 3.63) is 35.4 Å². The van der Waals surface area contributed by atoms with Crippen LogP contribution >= 0.6 is 0 Å². The summed E-state index contributed by atoms with van der Waals surface area (Å²) in [4.78, 5) is 26.0. The Kier molecular flexibility index (Phi) is 4.35. The molecule has 4 heteroatoms. The number of hydrogen-bond donors (Lipinski definition) is 1. The van der Waals surface area contributed by atoms with E-state index in [0.717, 1.165) is 5.56 Å². The van der Waals surface area contributed by atoms with Crippen LogP contribution in [-0.2, 0) is 16.1 Å². The van der Waals surface area contributed by atoms with E-state index in [1.54, 1.807) is 4.90 Å². The number of likely N-dealkylation sites (tertiary alicyclic amines) is 1. The number of aryl methyl sites for hydroxylation is 1. The summed E-state index contributed by atoms with van der Waals surface area (Å²) in [5.74, 6) is -0.200. The van der Waals surface area contributed by atoms with E-state index in [0.29, 0.717) is 19.5 Å². The van der Waals surface area contributed by atoms with Crippen LogP contribution < -0.4 is 5.32 Å². The predicted molar refractivity (Wildman–Crippen MR) is 82.6 cm³/mol. The van der Waals surface area contributed by atoms with Gasteiger partial charge in [0, 0.05) is 25.0 Å². The maximum absolute atomic E-state index is 12.2. The van der Waals surface area contributed by atoms with E-state index >= 15 is 0 Å². The molecule has 0 radical (unpaired) electrons. The number of carbonyl (C=O) groups is 2. The second-order valence-corrected chi connectivity index (χ2v) is 6.90. The number of rotatable bonds is 3. The van der Waals surface area contributed by atoms with Gasteiger partial charge in [-0.2, -0.15) is 0 Å². The van der Waals surface area contributed by atoms with Gasteiger partial charge in [-0.1, -0.05) is 29.8 Å². The van der Waals surface area contributed by atoms with Gasteiger partial charge in [0.2, 0.25) is 11.8 Å². The standard InChI is InChI=1S/C17H24N2O2/c1-12-5-7-13(8-6-12)10-19-11-14(9-15(19)20)16(21)18-17(2,3)4/h5-8,14H,9-11H2,1-4H3,(H,18,21). The molecule has 0 aliphatic carbocycles. The lowest BCUT2D eigenvalue weighted by atomic mass is 10.0. The first-order chi connectivity index (χ1) is 9.74. The lowest BCUT2D eigenvalue weighted by Gasteiger charge is -2.23. The maximum atomic E-state index is 12.2. The Labute approximate surface area is 126 Å². The molecule has 2 rings (SSSR count). The predicted octanol–water partition coefficient (Wildman–Crippen LogP) is 2.26. The van der Waals surface area contributed by atoms with Gasteiger partial charge in [0.15, 0.2) is 0 Å². The molecule has 0 aromatic heterocycles. The Morgan fingerprint density at radius 1 is 1.29 bits per heavy atom. The second-order valence-electron chi connectivity index (χ2n) is 6.90. The fourth-order valence-corrected chi connectivity index (χ4v) is 2.49. The van der Waals surface area contributed by atoms with Gasteiger partial charge in [0.05, 0.1) is 5.92 Å². The second kappa shape index (κ2) is 5.88. The molecule has 0 bridgehead atoms. The highest BCUT2D eigenvalue weighted by atomic mass is 16.2. The average molecular weight is 288 g/mol. The number of hydrogen-bond acceptors (Lipinski definition) is 2. The van der Waals surface area contributed by atoms with Gasteiger partial charge >= 0.3 is 0 Å². The van der Waals surface area contributed by atoms with E-state index in [1.807, 2.05) is 52.0 Å². The van der Waals surface area contributed by atoms with E-state index < -0.39 is 0 Å². The third-order valence-corrected chi connectivity index (χ3v) is 3.58. The summed E-state index contributed by atoms with van der Waals surface area (Å²) in [5.41, 5.74) is 2.05. The van der Waals surface area contributed by atoms with Gasteiger partial charge in [0.25, 0.3) is 0 Å². The molecule has 1 aliphatic rings. The topological polar surface area (TPSA) is 49.4 Å². The van der Waals surface area contributed by atoms with Crippen LogP contribution in [0, 0.1) is 12.8 Å². The third kappa shape index (κ3) is 4.31. The molecule has 21 heavy (non-hydrogen) atoms. The number of carbonyl (C=O) groups excluding carboxylic acids is 2. The van der Waals surface area contributed by atoms with Crippen molar-refractivity contribution in [2.75, 3.05) is 6.54 Å². The molecule has 1 N–H and O–H groups in total. The zero-order chi connectivity index (χ0) is 15.6. The zero-order valence-corrected chi connectivity index (χ0v) is 13.3. The molecule has 114 valence electrons. The Morgan fingerprint density at radius 2 is 1.90 bits per heavy atom. The summed E-state index contributed by atoms with van der Waals surface area (Å²) in [6.07, 6.45) is 0.313. The van der Waals surface area contributed by atoms with Crippen molar-refractivity contribution in [2.24, 2.45) is 5.92 Å². The van der Waals surface area contributed by atoms with E-state index in [9.17, 15) is 9.59 Å². The Bertz CT molecular complexity index is 529. The van der Waals surface area contributed by atoms with Crippen LogP contribution in [-0.4, -0.2) is 28.8 Å². The Morgan fingerprint density at radius 3 is 2.48 bits per heavy atom. The van der Waals surface area contributed by atoms with Gasteiger partial charge in [-0.3, -0.25) is 9.59 Å². The van der Waals surface area contributed by atoms with Crippen molar-refractivity contribution in [1.82, 2.24) is 10.2 Å². The van der Waals surface area contributed by atoms with Gasteiger partial charge in [-0.15, -0.1) is 0 Å². The van der Waals surface area contributed by atoms with Gasteiger partial charge in [-0.25, -0.2) is 0 Å². The van der Waals surface area contributed by atoms with Crippen molar-refractivity contribution < 1.29 is 9.59 Å². The van der Waals surface area contributed by atoms with Crippen LogP contribution in [0.25, 0.3) is 0 Å². The Hall–Kier alpha value is -1.84. The molecule has 1 aromatic rings. The van der Waals surface area contributed by atoms with E-state index in [-0.39, 0.29) is 23.3 Å². The van der Waals surface area contributed by atoms with Crippen LogP contribution in [0.4, 0.5) is 0 Å². The molecule has 2 amide bonds. The van der Waals surface area contributed by atoms with Crippen LogP contribution in [0.3, 0.4) is 0 Å². The van der Waals surface area contributed by atoms with Crippen molar-refractivity contribution in [2.45, 2.75) is 46.2 Å². The Balaban J connectivity index is 1.96. The summed E-state index contributed by atoms with van der Waals surface area (Å²) >= 11 is 0. The number of nitrogens with one attached hydrogen (secondary N) is 1. The summed E-state index contributed by atoms with van der Waals surface area (Å²) < 4.78 is 0. The number of nitrogens with zero attached hydrogens (tertiary/aromatic N) is 1. The van der Waals surface area contributed by atoms with Crippen LogP contribution in [0.15, 0.2) is 24.3 Å². The fraction of sp³-hybridized carbons (Fsp3) is 0.529. The minimum Gasteiger partial charge on any atom is -0.351 e. The molecule has 1 heterocycles. The lowest BCUT2D eigenvalue weighted by Crippen LogP contribution is -2.44. The molecular formula is C17H24N2O2. The molecule has 1 unspecified atom stereocenters. The summed E-state index contributed by atoms with van der Waals surface area (Å²) in [6, 6.07) is 8.15. The first-order valence-corrected chi connectivity index (χ1v) is 7.40. The summed E-state index contributed by atoms with van der Waals surface area (Å²) in [5, 5.41) is 2.96. The largest absolute Gasteiger partial charge is 0.351 e. The van der Waals surface area contributed by atoms with Crippen molar-refractivity contribution in [3.63, 3.8) is 0 Å². The molecule has 1 aromatic carbocycles. The first-order valence-electron chi connectivity index (χ1n) is 7.40. The van der Waals surface area contributed by atoms with E-state index in [2.05, 4.69) is 5.32 Å². The highest BCUT2D eigenvalue weighted by Crippen LogP contribution is 2.21. The van der Waals surface area contributed by atoms with Crippen LogP contribution in [0.5, 0.6) is 0 Å². The highest BCUT2D eigenvalue weighted by molar-refractivity contribution is 5.89. The molecule has 1 fully saturated rings. The highest BCUT2D eigenvalue weighted by Gasteiger charge is 2.35. The van der Waals surface area contributed by atoms with Gasteiger partial charge in [-0.05, 0) is 33.3 Å². The first kappa shape index (κ1) is 15.5. The molecule has 1 aliphatic heterocycles. The van der Waals surface area contributed by atoms with E-state index in [1.165, 1.54) is 5.56 Å². The molecular weight excluding hydrogens is 264 g/mol. The molecule has 0 saturated carbocycles. The molecule has 1 saturated heterocycles. The maximum Gasteiger partial charge on any atom is 0.225 e. The zero-order valence-electron chi connectivity index (χ0n) is 13.3. The minimum atomic E-state index is -0.259. The average Bonchev–Trinajstić information content (AvgIpc) is 2.72. The normalized spacial score (nSPS) is 19.0. The van der Waals surface area contributed by atoms with Gasteiger partial charge < -0.3 is 10.2 Å². The number of amides is 2. The number of benzene rings is 1. The molecule has 4 nitrogen and oxygen atoms in total. The molecule has 0 spiro atoms. The van der Waals surface area contributed by atoms with Crippen molar-refractivity contribution >= 4 is 11.8 Å². The lowest BCUT2D eigenvalue weighted by molar-refractivity contribution is -0.129. The molecule has 1 atom stereocenters. The third-order valence-electron chi connectivity index (χ3n) is 3.58.